The fourth-order valence-electron chi connectivity index (χ4n) is 5.01. The zero-order chi connectivity index (χ0) is 32.2. The normalized spacial score (nSPS) is 32.5. The maximum absolute atomic E-state index is 13.7. The maximum atomic E-state index is 13.7. The van der Waals surface area contributed by atoms with Crippen molar-refractivity contribution in [1.82, 2.24) is 0 Å². The molecule has 1 aromatic heterocycles. The van der Waals surface area contributed by atoms with Crippen LogP contribution in [-0.4, -0.2) is 124 Å². The molecule has 0 bridgehead atoms. The van der Waals surface area contributed by atoms with Crippen LogP contribution in [0.1, 0.15) is 6.92 Å². The standard InChI is InChI=1S/C27H30O17/c1-7-16(33)20(37)21(38)26(40-7)43-24-18(35)14(6-28)42-27(22(24)39)44-25-19(36)15-10(30)4-9(29)5-13(15)41-23(25)8-2-11(31)17(34)12(32)3-8/h2-5,7,14,16,18,20-22,24,26-35,37-39H,6H2,1H3/t7-,14+,16-,18+,20+,21+,22+,24-,26-,27-/m0/s1. The quantitative estimate of drug-likeness (QED) is 0.132. The van der Waals surface area contributed by atoms with Crippen molar-refractivity contribution < 1.29 is 79.5 Å². The van der Waals surface area contributed by atoms with E-state index in [-0.39, 0.29) is 11.1 Å². The molecule has 2 fully saturated rings. The molecule has 0 radical (unpaired) electrons. The van der Waals surface area contributed by atoms with Crippen molar-refractivity contribution in [2.75, 3.05) is 6.61 Å². The Labute approximate surface area is 246 Å². The Morgan fingerprint density at radius 1 is 0.773 bits per heavy atom. The van der Waals surface area contributed by atoms with Crippen LogP contribution in [0.2, 0.25) is 0 Å². The second-order valence-corrected chi connectivity index (χ2v) is 10.4. The number of phenols is 5. The second-order valence-electron chi connectivity index (χ2n) is 10.4. The summed E-state index contributed by atoms with van der Waals surface area (Å²) in [6, 6.07) is 3.56. The van der Waals surface area contributed by atoms with Crippen LogP contribution in [0.3, 0.4) is 0 Å². The van der Waals surface area contributed by atoms with Crippen LogP contribution in [0.5, 0.6) is 34.5 Å². The minimum absolute atomic E-state index is 0.272. The highest BCUT2D eigenvalue weighted by atomic mass is 16.7. The molecule has 240 valence electrons. The Morgan fingerprint density at radius 2 is 1.43 bits per heavy atom. The first-order valence-electron chi connectivity index (χ1n) is 13.2. The van der Waals surface area contributed by atoms with E-state index in [1.54, 1.807) is 0 Å². The number of fused-ring (bicyclic) bond motifs is 1. The first-order valence-corrected chi connectivity index (χ1v) is 13.2. The Balaban J connectivity index is 1.58. The van der Waals surface area contributed by atoms with Crippen LogP contribution in [-0.2, 0) is 14.2 Å². The van der Waals surface area contributed by atoms with Crippen molar-refractivity contribution in [3.63, 3.8) is 0 Å². The number of hydrogen-bond acceptors (Lipinski definition) is 17. The van der Waals surface area contributed by atoms with Crippen LogP contribution in [0.25, 0.3) is 22.3 Å². The van der Waals surface area contributed by atoms with E-state index >= 15 is 0 Å². The molecule has 2 aromatic carbocycles. The third kappa shape index (κ3) is 5.45. The van der Waals surface area contributed by atoms with Gasteiger partial charge in [-0.25, -0.2) is 0 Å². The molecule has 2 saturated heterocycles. The molecule has 11 N–H and O–H groups in total. The van der Waals surface area contributed by atoms with Gasteiger partial charge in [0.25, 0.3) is 0 Å². The van der Waals surface area contributed by atoms with E-state index in [4.69, 9.17) is 23.4 Å². The third-order valence-corrected chi connectivity index (χ3v) is 7.41. The van der Waals surface area contributed by atoms with Gasteiger partial charge in [0, 0.05) is 17.7 Å². The van der Waals surface area contributed by atoms with Gasteiger partial charge in [-0.2, -0.15) is 0 Å². The summed E-state index contributed by atoms with van der Waals surface area (Å²) in [5.41, 5.74) is -1.76. The molecule has 0 unspecified atom stereocenters. The molecular formula is C27H30O17. The first kappa shape index (κ1) is 31.5. The molecule has 0 amide bonds. The minimum atomic E-state index is -2.03. The smallest absolute Gasteiger partial charge is 0.239 e. The lowest BCUT2D eigenvalue weighted by molar-refractivity contribution is -0.349. The molecular weight excluding hydrogens is 596 g/mol. The van der Waals surface area contributed by atoms with E-state index in [2.05, 4.69) is 0 Å². The summed E-state index contributed by atoms with van der Waals surface area (Å²) >= 11 is 0. The van der Waals surface area contributed by atoms with Gasteiger partial charge in [-0.15, -0.1) is 0 Å². The number of aliphatic hydroxyl groups excluding tert-OH is 6. The van der Waals surface area contributed by atoms with E-state index in [1.165, 1.54) is 6.92 Å². The van der Waals surface area contributed by atoms with E-state index in [0.29, 0.717) is 0 Å². The fourth-order valence-corrected chi connectivity index (χ4v) is 5.01. The lowest BCUT2D eigenvalue weighted by Crippen LogP contribution is -2.64. The van der Waals surface area contributed by atoms with Crippen molar-refractivity contribution in [3.05, 3.63) is 34.5 Å². The molecule has 2 aliphatic heterocycles. The highest BCUT2D eigenvalue weighted by molar-refractivity contribution is 5.88. The second kappa shape index (κ2) is 11.9. The van der Waals surface area contributed by atoms with E-state index < -0.39 is 119 Å². The number of benzene rings is 2. The Hall–Kier alpha value is -3.91. The number of aromatic hydroxyl groups is 5. The van der Waals surface area contributed by atoms with Gasteiger partial charge >= 0.3 is 0 Å². The van der Waals surface area contributed by atoms with Crippen molar-refractivity contribution in [2.45, 2.75) is 68.3 Å². The van der Waals surface area contributed by atoms with Gasteiger partial charge in [0.1, 0.15) is 65.2 Å². The van der Waals surface area contributed by atoms with Crippen molar-refractivity contribution in [2.24, 2.45) is 0 Å². The molecule has 44 heavy (non-hydrogen) atoms. The molecule has 3 heterocycles. The summed E-state index contributed by atoms with van der Waals surface area (Å²) in [5, 5.41) is 112. The zero-order valence-corrected chi connectivity index (χ0v) is 22.7. The van der Waals surface area contributed by atoms with Gasteiger partial charge in [-0.05, 0) is 19.1 Å². The van der Waals surface area contributed by atoms with Crippen molar-refractivity contribution in [3.8, 4) is 45.8 Å². The van der Waals surface area contributed by atoms with Gasteiger partial charge in [-0.1, -0.05) is 0 Å². The monoisotopic (exact) mass is 626 g/mol. The van der Waals surface area contributed by atoms with Gasteiger partial charge in [0.05, 0.1) is 12.7 Å². The number of hydrogen-bond donors (Lipinski definition) is 11. The summed E-state index contributed by atoms with van der Waals surface area (Å²) < 4.78 is 27.8. The Bertz CT molecular complexity index is 1570. The SMILES string of the molecule is C[C@@H]1O[C@@H](O[C@@H]2[C@@H](O)[C@H](Oc3c(-c4cc(O)c(O)c(O)c4)oc4cc(O)cc(O)c4c3=O)O[C@H](CO)[C@H]2O)[C@H](O)[C@H](O)[C@H]1O. The van der Waals surface area contributed by atoms with Gasteiger partial charge < -0.3 is 79.5 Å². The van der Waals surface area contributed by atoms with Crippen LogP contribution in [0, 0.1) is 0 Å². The van der Waals surface area contributed by atoms with Crippen LogP contribution < -0.4 is 10.2 Å². The van der Waals surface area contributed by atoms with Gasteiger partial charge in [-0.3, -0.25) is 4.79 Å². The van der Waals surface area contributed by atoms with Crippen molar-refractivity contribution in [1.29, 1.82) is 0 Å². The number of phenolic OH excluding ortho intramolecular Hbond substituents is 5. The lowest BCUT2D eigenvalue weighted by Gasteiger charge is -2.45. The van der Waals surface area contributed by atoms with Gasteiger partial charge in [0.15, 0.2) is 29.3 Å². The summed E-state index contributed by atoms with van der Waals surface area (Å²) in [6.45, 7) is 0.488. The van der Waals surface area contributed by atoms with E-state index in [9.17, 15) is 61.0 Å². The summed E-state index contributed by atoms with van der Waals surface area (Å²) in [4.78, 5) is 13.7. The van der Waals surface area contributed by atoms with E-state index in [1.807, 2.05) is 0 Å². The molecule has 5 rings (SSSR count). The molecule has 0 saturated carbocycles. The topological polar surface area (TPSA) is 290 Å². The molecule has 0 spiro atoms. The predicted molar refractivity (Wildman–Crippen MR) is 142 cm³/mol. The van der Waals surface area contributed by atoms with Gasteiger partial charge in [0.2, 0.25) is 17.5 Å². The molecule has 3 aromatic rings. The number of aliphatic hydroxyl groups is 6. The van der Waals surface area contributed by atoms with Crippen LogP contribution in [0.15, 0.2) is 33.5 Å². The highest BCUT2D eigenvalue weighted by Crippen LogP contribution is 2.43. The molecule has 2 aliphatic rings. The summed E-state index contributed by atoms with van der Waals surface area (Å²) in [6.07, 6.45) is -16.9. The van der Waals surface area contributed by atoms with Crippen LogP contribution >= 0.6 is 0 Å². The fraction of sp³-hybridized carbons (Fsp3) is 0.444. The highest BCUT2D eigenvalue weighted by Gasteiger charge is 2.51. The van der Waals surface area contributed by atoms with Crippen molar-refractivity contribution >= 4 is 11.0 Å². The molecule has 10 atom stereocenters. The average molecular weight is 627 g/mol. The number of rotatable bonds is 6. The Morgan fingerprint density at radius 3 is 2.07 bits per heavy atom. The number of ether oxygens (including phenoxy) is 4. The average Bonchev–Trinajstić information content (AvgIpc) is 2.97. The summed E-state index contributed by atoms with van der Waals surface area (Å²) in [7, 11) is 0. The summed E-state index contributed by atoms with van der Waals surface area (Å²) in [5.74, 6) is -5.19. The zero-order valence-electron chi connectivity index (χ0n) is 22.7. The maximum Gasteiger partial charge on any atom is 0.239 e. The molecule has 17 heteroatoms. The van der Waals surface area contributed by atoms with E-state index in [0.717, 1.165) is 24.3 Å². The lowest BCUT2D eigenvalue weighted by atomic mass is 9.97. The molecule has 0 aliphatic carbocycles. The first-order chi connectivity index (χ1) is 20.7. The predicted octanol–water partition coefficient (Wildman–Crippen LogP) is -1.98. The Kier molecular flexibility index (Phi) is 8.51. The third-order valence-electron chi connectivity index (χ3n) is 7.41. The van der Waals surface area contributed by atoms with Crippen LogP contribution in [0.4, 0.5) is 0 Å². The molecule has 17 nitrogen and oxygen atoms in total. The largest absolute Gasteiger partial charge is 0.508 e. The minimum Gasteiger partial charge on any atom is -0.508 e.